The highest BCUT2D eigenvalue weighted by Gasteiger charge is 2.21. The fourth-order valence-electron chi connectivity index (χ4n) is 1.56. The molecule has 2 rings (SSSR count). The smallest absolute Gasteiger partial charge is 0.263 e. The normalized spacial score (nSPS) is 17.4. The standard InChI is InChI=1S/C12H11NO2S2/c1-7-5-8(3-4-9(7)15-2)6-10-11(14)13-12(16)17-10/h3-6H,1-2H3,(H,13,14,16)/b10-6-. The average molecular weight is 265 g/mol. The second kappa shape index (κ2) is 4.89. The number of rotatable bonds is 2. The van der Waals surface area contributed by atoms with E-state index < -0.39 is 0 Å². The van der Waals surface area contributed by atoms with Crippen molar-refractivity contribution >= 4 is 40.3 Å². The van der Waals surface area contributed by atoms with Crippen LogP contribution in [0.2, 0.25) is 0 Å². The number of ether oxygens (including phenoxy) is 1. The molecule has 0 aliphatic carbocycles. The number of methoxy groups -OCH3 is 1. The minimum atomic E-state index is -0.131. The monoisotopic (exact) mass is 265 g/mol. The molecule has 1 aromatic rings. The van der Waals surface area contributed by atoms with Crippen LogP contribution in [0.4, 0.5) is 0 Å². The molecule has 5 heteroatoms. The predicted octanol–water partition coefficient (Wildman–Crippen LogP) is 2.49. The molecule has 17 heavy (non-hydrogen) atoms. The van der Waals surface area contributed by atoms with E-state index in [2.05, 4.69) is 5.32 Å². The average Bonchev–Trinajstić information content (AvgIpc) is 2.58. The minimum absolute atomic E-state index is 0.131. The molecule has 0 atom stereocenters. The quantitative estimate of drug-likeness (QED) is 0.658. The summed E-state index contributed by atoms with van der Waals surface area (Å²) in [4.78, 5) is 12.1. The van der Waals surface area contributed by atoms with Gasteiger partial charge in [0.25, 0.3) is 5.91 Å². The number of hydrogen-bond acceptors (Lipinski definition) is 4. The molecule has 1 N–H and O–H groups in total. The van der Waals surface area contributed by atoms with Gasteiger partial charge in [-0.25, -0.2) is 0 Å². The van der Waals surface area contributed by atoms with E-state index in [9.17, 15) is 4.79 Å². The Morgan fingerprint density at radius 2 is 2.24 bits per heavy atom. The van der Waals surface area contributed by atoms with Gasteiger partial charge in [-0.15, -0.1) is 0 Å². The van der Waals surface area contributed by atoms with Crippen molar-refractivity contribution in [3.8, 4) is 5.75 Å². The van der Waals surface area contributed by atoms with Crippen LogP contribution in [0.1, 0.15) is 11.1 Å². The van der Waals surface area contributed by atoms with Crippen molar-refractivity contribution in [2.75, 3.05) is 7.11 Å². The third kappa shape index (κ3) is 2.68. The third-order valence-electron chi connectivity index (χ3n) is 2.36. The number of thioether (sulfide) groups is 1. The molecule has 0 spiro atoms. The molecule has 1 fully saturated rings. The number of aryl methyl sites for hydroxylation is 1. The van der Waals surface area contributed by atoms with Gasteiger partial charge < -0.3 is 10.1 Å². The molecule has 1 amide bonds. The van der Waals surface area contributed by atoms with Crippen LogP contribution in [0.3, 0.4) is 0 Å². The summed E-state index contributed by atoms with van der Waals surface area (Å²) in [5, 5.41) is 2.59. The number of carbonyl (C=O) groups is 1. The van der Waals surface area contributed by atoms with Crippen molar-refractivity contribution in [2.45, 2.75) is 6.92 Å². The molecule has 3 nitrogen and oxygen atoms in total. The fraction of sp³-hybridized carbons (Fsp3) is 0.167. The number of thiocarbonyl (C=S) groups is 1. The van der Waals surface area contributed by atoms with E-state index in [-0.39, 0.29) is 5.91 Å². The van der Waals surface area contributed by atoms with Gasteiger partial charge >= 0.3 is 0 Å². The van der Waals surface area contributed by atoms with E-state index in [1.807, 2.05) is 31.2 Å². The Balaban J connectivity index is 2.30. The lowest BCUT2D eigenvalue weighted by molar-refractivity contribution is -0.115. The van der Waals surface area contributed by atoms with Crippen LogP contribution < -0.4 is 10.1 Å². The molecule has 1 aromatic carbocycles. The molecule has 1 heterocycles. The van der Waals surface area contributed by atoms with Gasteiger partial charge in [-0.05, 0) is 36.3 Å². The van der Waals surface area contributed by atoms with Crippen LogP contribution in [0.25, 0.3) is 6.08 Å². The minimum Gasteiger partial charge on any atom is -0.496 e. The number of amides is 1. The molecule has 1 saturated heterocycles. The summed E-state index contributed by atoms with van der Waals surface area (Å²) in [6.45, 7) is 1.97. The summed E-state index contributed by atoms with van der Waals surface area (Å²) < 4.78 is 5.69. The van der Waals surface area contributed by atoms with Crippen molar-refractivity contribution in [3.05, 3.63) is 34.2 Å². The summed E-state index contributed by atoms with van der Waals surface area (Å²) in [5.41, 5.74) is 2.00. The lowest BCUT2D eigenvalue weighted by Crippen LogP contribution is -2.17. The first-order valence-electron chi connectivity index (χ1n) is 4.99. The number of hydrogen-bond donors (Lipinski definition) is 1. The zero-order valence-corrected chi connectivity index (χ0v) is 11.1. The highest BCUT2D eigenvalue weighted by atomic mass is 32.2. The zero-order valence-electron chi connectivity index (χ0n) is 9.44. The van der Waals surface area contributed by atoms with E-state index in [0.717, 1.165) is 16.9 Å². The maximum absolute atomic E-state index is 11.5. The Labute approximate surface area is 109 Å². The second-order valence-corrected chi connectivity index (χ2v) is 5.30. The first kappa shape index (κ1) is 12.1. The van der Waals surface area contributed by atoms with Crippen LogP contribution in [0.5, 0.6) is 5.75 Å². The van der Waals surface area contributed by atoms with Crippen molar-refractivity contribution in [1.82, 2.24) is 5.32 Å². The van der Waals surface area contributed by atoms with E-state index in [0.29, 0.717) is 9.23 Å². The summed E-state index contributed by atoms with van der Waals surface area (Å²) in [5.74, 6) is 0.708. The maximum atomic E-state index is 11.5. The lowest BCUT2D eigenvalue weighted by atomic mass is 10.1. The Morgan fingerprint density at radius 3 is 2.76 bits per heavy atom. The van der Waals surface area contributed by atoms with Crippen LogP contribution in [-0.2, 0) is 4.79 Å². The summed E-state index contributed by atoms with van der Waals surface area (Å²) in [7, 11) is 1.64. The largest absolute Gasteiger partial charge is 0.496 e. The first-order valence-corrected chi connectivity index (χ1v) is 6.22. The fourth-order valence-corrected chi connectivity index (χ4v) is 2.61. The molecule has 0 radical (unpaired) electrons. The predicted molar refractivity (Wildman–Crippen MR) is 74.0 cm³/mol. The first-order chi connectivity index (χ1) is 8.10. The number of benzene rings is 1. The SMILES string of the molecule is COc1ccc(/C=C2\SC(=S)NC2=O)cc1C. The molecular weight excluding hydrogens is 254 g/mol. The Morgan fingerprint density at radius 1 is 1.47 bits per heavy atom. The van der Waals surface area contributed by atoms with Gasteiger partial charge in [-0.1, -0.05) is 30.0 Å². The highest BCUT2D eigenvalue weighted by Crippen LogP contribution is 2.27. The van der Waals surface area contributed by atoms with E-state index >= 15 is 0 Å². The molecule has 0 bridgehead atoms. The van der Waals surface area contributed by atoms with Gasteiger partial charge in [-0.2, -0.15) is 0 Å². The van der Waals surface area contributed by atoms with Gasteiger partial charge in [0.1, 0.15) is 10.1 Å². The van der Waals surface area contributed by atoms with Crippen molar-refractivity contribution in [3.63, 3.8) is 0 Å². The van der Waals surface area contributed by atoms with Crippen LogP contribution in [0.15, 0.2) is 23.1 Å². The molecule has 1 aliphatic heterocycles. The molecule has 1 aliphatic rings. The third-order valence-corrected chi connectivity index (χ3v) is 3.52. The Kier molecular flexibility index (Phi) is 3.49. The second-order valence-electron chi connectivity index (χ2n) is 3.58. The maximum Gasteiger partial charge on any atom is 0.263 e. The van der Waals surface area contributed by atoms with Gasteiger partial charge in [0.2, 0.25) is 0 Å². The van der Waals surface area contributed by atoms with Crippen molar-refractivity contribution < 1.29 is 9.53 Å². The van der Waals surface area contributed by atoms with E-state index in [4.69, 9.17) is 17.0 Å². The number of nitrogens with one attached hydrogen (secondary N) is 1. The molecule has 88 valence electrons. The zero-order chi connectivity index (χ0) is 12.4. The van der Waals surface area contributed by atoms with Crippen LogP contribution in [-0.4, -0.2) is 17.3 Å². The molecule has 0 aromatic heterocycles. The Bertz CT molecular complexity index is 523. The van der Waals surface area contributed by atoms with Crippen LogP contribution >= 0.6 is 24.0 Å². The molecule has 0 saturated carbocycles. The lowest BCUT2D eigenvalue weighted by Gasteiger charge is -2.04. The van der Waals surface area contributed by atoms with Gasteiger partial charge in [0, 0.05) is 0 Å². The summed E-state index contributed by atoms with van der Waals surface area (Å²) in [6, 6.07) is 5.77. The van der Waals surface area contributed by atoms with Crippen molar-refractivity contribution in [1.29, 1.82) is 0 Å². The van der Waals surface area contributed by atoms with Gasteiger partial charge in [-0.3, -0.25) is 4.79 Å². The van der Waals surface area contributed by atoms with Crippen molar-refractivity contribution in [2.24, 2.45) is 0 Å². The van der Waals surface area contributed by atoms with E-state index in [1.165, 1.54) is 11.8 Å². The van der Waals surface area contributed by atoms with Gasteiger partial charge in [0.15, 0.2) is 0 Å². The summed E-state index contributed by atoms with van der Waals surface area (Å²) in [6.07, 6.45) is 1.83. The molecule has 0 unspecified atom stereocenters. The number of carbonyl (C=O) groups excluding carboxylic acids is 1. The van der Waals surface area contributed by atoms with E-state index in [1.54, 1.807) is 7.11 Å². The Hall–Kier alpha value is -1.33. The molecular formula is C12H11NO2S2. The topological polar surface area (TPSA) is 38.3 Å². The highest BCUT2D eigenvalue weighted by molar-refractivity contribution is 8.26. The van der Waals surface area contributed by atoms with Gasteiger partial charge in [0.05, 0.1) is 12.0 Å². The summed E-state index contributed by atoms with van der Waals surface area (Å²) >= 11 is 6.21. The van der Waals surface area contributed by atoms with Crippen LogP contribution in [0, 0.1) is 6.92 Å².